The standard InChI is InChI=1S/C28H50N2O/c1-16(2)27-17(3)7-21-9-23(27)13-25(11-21)29-15-19(5)28-18(4)8-22-10-24(28)14-26(12-22)30-20(6)31/h16-19,21-29H,7-15H2,1-6H3,(H,30,31). The molecule has 1 amide bonds. The summed E-state index contributed by atoms with van der Waals surface area (Å²) in [5.74, 6) is 8.75. The summed E-state index contributed by atoms with van der Waals surface area (Å²) in [5.41, 5.74) is 0. The van der Waals surface area contributed by atoms with Crippen molar-refractivity contribution in [3.8, 4) is 0 Å². The quantitative estimate of drug-likeness (QED) is 0.552. The number of fused-ring (bicyclic) bond motifs is 4. The Bertz CT molecular complexity index is 614. The van der Waals surface area contributed by atoms with Crippen molar-refractivity contribution in [1.82, 2.24) is 10.6 Å². The van der Waals surface area contributed by atoms with Crippen LogP contribution in [-0.4, -0.2) is 24.5 Å². The molecule has 4 saturated carbocycles. The highest BCUT2D eigenvalue weighted by Gasteiger charge is 2.44. The summed E-state index contributed by atoms with van der Waals surface area (Å²) in [6, 6.07) is 1.16. The van der Waals surface area contributed by atoms with Gasteiger partial charge in [-0.05, 0) is 117 Å². The van der Waals surface area contributed by atoms with E-state index in [9.17, 15) is 4.79 Å². The van der Waals surface area contributed by atoms with Crippen LogP contribution >= 0.6 is 0 Å². The molecular weight excluding hydrogens is 380 g/mol. The predicted octanol–water partition coefficient (Wildman–Crippen LogP) is 5.89. The Balaban J connectivity index is 1.33. The maximum atomic E-state index is 11.6. The summed E-state index contributed by atoms with van der Waals surface area (Å²) >= 11 is 0. The smallest absolute Gasteiger partial charge is 0.217 e. The van der Waals surface area contributed by atoms with Gasteiger partial charge in [-0.1, -0.05) is 34.6 Å². The van der Waals surface area contributed by atoms with Crippen molar-refractivity contribution in [3.63, 3.8) is 0 Å². The van der Waals surface area contributed by atoms with Gasteiger partial charge in [0.15, 0.2) is 0 Å². The van der Waals surface area contributed by atoms with Crippen molar-refractivity contribution in [1.29, 1.82) is 0 Å². The molecule has 0 spiro atoms. The molecule has 0 aromatic heterocycles. The van der Waals surface area contributed by atoms with E-state index < -0.39 is 0 Å². The van der Waals surface area contributed by atoms with Crippen LogP contribution in [0.1, 0.15) is 92.9 Å². The van der Waals surface area contributed by atoms with E-state index in [-0.39, 0.29) is 5.91 Å². The van der Waals surface area contributed by atoms with Gasteiger partial charge in [0.25, 0.3) is 0 Å². The molecule has 178 valence electrons. The van der Waals surface area contributed by atoms with Crippen LogP contribution in [-0.2, 0) is 4.79 Å². The van der Waals surface area contributed by atoms with Crippen molar-refractivity contribution in [3.05, 3.63) is 0 Å². The third-order valence-corrected chi connectivity index (χ3v) is 10.1. The van der Waals surface area contributed by atoms with Gasteiger partial charge in [-0.2, -0.15) is 0 Å². The van der Waals surface area contributed by atoms with Gasteiger partial charge < -0.3 is 10.6 Å². The number of rotatable bonds is 6. The molecule has 4 aliphatic rings. The zero-order valence-corrected chi connectivity index (χ0v) is 21.2. The minimum Gasteiger partial charge on any atom is -0.354 e. The maximum absolute atomic E-state index is 11.6. The van der Waals surface area contributed by atoms with Gasteiger partial charge in [-0.25, -0.2) is 0 Å². The summed E-state index contributed by atoms with van der Waals surface area (Å²) < 4.78 is 0. The van der Waals surface area contributed by atoms with Gasteiger partial charge in [0.05, 0.1) is 0 Å². The molecule has 0 aliphatic heterocycles. The first-order valence-electron chi connectivity index (χ1n) is 13.7. The van der Waals surface area contributed by atoms with Gasteiger partial charge in [0.1, 0.15) is 0 Å². The highest BCUT2D eigenvalue weighted by atomic mass is 16.1. The second-order valence-electron chi connectivity index (χ2n) is 13.0. The molecule has 3 nitrogen and oxygen atoms in total. The number of amides is 1. The van der Waals surface area contributed by atoms with Gasteiger partial charge in [0.2, 0.25) is 5.91 Å². The van der Waals surface area contributed by atoms with Crippen LogP contribution in [0.4, 0.5) is 0 Å². The van der Waals surface area contributed by atoms with E-state index in [1.54, 1.807) is 6.92 Å². The lowest BCUT2D eigenvalue weighted by Gasteiger charge is -2.50. The molecule has 0 saturated heterocycles. The number of carbonyl (C=O) groups excluding carboxylic acids is 1. The van der Waals surface area contributed by atoms with E-state index in [4.69, 9.17) is 0 Å². The lowest BCUT2D eigenvalue weighted by atomic mass is 9.58. The molecule has 3 heteroatoms. The van der Waals surface area contributed by atoms with Crippen LogP contribution in [0.15, 0.2) is 0 Å². The molecule has 0 aromatic carbocycles. The minimum absolute atomic E-state index is 0.154. The van der Waals surface area contributed by atoms with Crippen molar-refractivity contribution < 1.29 is 4.79 Å². The number of nitrogens with one attached hydrogen (secondary N) is 2. The van der Waals surface area contributed by atoms with Crippen LogP contribution < -0.4 is 10.6 Å². The van der Waals surface area contributed by atoms with Crippen molar-refractivity contribution in [2.24, 2.45) is 59.2 Å². The average Bonchev–Trinajstić information content (AvgIpc) is 2.64. The number of hydrogen-bond acceptors (Lipinski definition) is 2. The second kappa shape index (κ2) is 9.74. The molecule has 0 aromatic rings. The van der Waals surface area contributed by atoms with E-state index in [0.717, 1.165) is 65.2 Å². The molecule has 0 radical (unpaired) electrons. The zero-order chi connectivity index (χ0) is 22.3. The zero-order valence-electron chi connectivity index (χ0n) is 21.2. The van der Waals surface area contributed by atoms with Gasteiger partial charge in [-0.3, -0.25) is 4.79 Å². The molecule has 4 aliphatic carbocycles. The summed E-state index contributed by atoms with van der Waals surface area (Å²) in [7, 11) is 0. The summed E-state index contributed by atoms with van der Waals surface area (Å²) in [6.45, 7) is 15.3. The molecule has 11 atom stereocenters. The van der Waals surface area contributed by atoms with Crippen LogP contribution in [0.2, 0.25) is 0 Å². The van der Waals surface area contributed by atoms with E-state index in [2.05, 4.69) is 45.3 Å². The van der Waals surface area contributed by atoms with Crippen molar-refractivity contribution in [2.45, 2.75) is 105 Å². The number of carbonyl (C=O) groups is 1. The van der Waals surface area contributed by atoms with Gasteiger partial charge in [-0.15, -0.1) is 0 Å². The third kappa shape index (κ3) is 5.33. The first kappa shape index (κ1) is 23.6. The largest absolute Gasteiger partial charge is 0.354 e. The molecule has 4 bridgehead atoms. The topological polar surface area (TPSA) is 41.1 Å². The molecular formula is C28H50N2O. The Labute approximate surface area is 192 Å². The van der Waals surface area contributed by atoms with Crippen LogP contribution in [0, 0.1) is 59.2 Å². The third-order valence-electron chi connectivity index (χ3n) is 10.1. The summed E-state index contributed by atoms with van der Waals surface area (Å²) in [6.07, 6.45) is 11.0. The van der Waals surface area contributed by atoms with Crippen molar-refractivity contribution >= 4 is 5.91 Å². The SMILES string of the molecule is CC(=O)NC1CC2CC(C)C(C(C)CNC3CC4CC(C)C(C(C)C)C(C4)C3)C(C2)C1. The molecule has 4 rings (SSSR count). The van der Waals surface area contributed by atoms with Crippen molar-refractivity contribution in [2.75, 3.05) is 6.54 Å². The lowest BCUT2D eigenvalue weighted by molar-refractivity contribution is -0.120. The highest BCUT2D eigenvalue weighted by molar-refractivity contribution is 5.73. The van der Waals surface area contributed by atoms with Gasteiger partial charge >= 0.3 is 0 Å². The van der Waals surface area contributed by atoms with Crippen LogP contribution in [0.3, 0.4) is 0 Å². The molecule has 4 fully saturated rings. The Hall–Kier alpha value is -0.570. The lowest BCUT2D eigenvalue weighted by Crippen LogP contribution is -2.50. The molecule has 0 heterocycles. The normalized spacial score (nSPS) is 45.9. The minimum atomic E-state index is 0.154. The Morgan fingerprint density at radius 1 is 0.774 bits per heavy atom. The van der Waals surface area contributed by atoms with E-state index in [1.165, 1.54) is 57.9 Å². The van der Waals surface area contributed by atoms with E-state index >= 15 is 0 Å². The van der Waals surface area contributed by atoms with Crippen LogP contribution in [0.25, 0.3) is 0 Å². The number of hydrogen-bond donors (Lipinski definition) is 2. The summed E-state index contributed by atoms with van der Waals surface area (Å²) in [5, 5.41) is 7.34. The fourth-order valence-electron chi connectivity index (χ4n) is 9.57. The predicted molar refractivity (Wildman–Crippen MR) is 130 cm³/mol. The van der Waals surface area contributed by atoms with Crippen LogP contribution in [0.5, 0.6) is 0 Å². The monoisotopic (exact) mass is 430 g/mol. The first-order chi connectivity index (χ1) is 14.7. The fraction of sp³-hybridized carbons (Fsp3) is 0.964. The first-order valence-corrected chi connectivity index (χ1v) is 13.7. The molecule has 11 unspecified atom stereocenters. The summed E-state index contributed by atoms with van der Waals surface area (Å²) in [4.78, 5) is 11.6. The Morgan fingerprint density at radius 3 is 1.94 bits per heavy atom. The van der Waals surface area contributed by atoms with E-state index in [0.29, 0.717) is 6.04 Å². The Morgan fingerprint density at radius 2 is 1.32 bits per heavy atom. The second-order valence-corrected chi connectivity index (χ2v) is 13.0. The average molecular weight is 431 g/mol. The van der Waals surface area contributed by atoms with Gasteiger partial charge in [0, 0.05) is 19.0 Å². The van der Waals surface area contributed by atoms with E-state index in [1.807, 2.05) is 0 Å². The molecule has 2 N–H and O–H groups in total. The Kier molecular flexibility index (Phi) is 7.41. The maximum Gasteiger partial charge on any atom is 0.217 e. The fourth-order valence-corrected chi connectivity index (χ4v) is 9.57. The highest BCUT2D eigenvalue weighted by Crippen LogP contribution is 2.50. The molecule has 31 heavy (non-hydrogen) atoms.